The lowest BCUT2D eigenvalue weighted by atomic mass is 9.55. The summed E-state index contributed by atoms with van der Waals surface area (Å²) in [5.74, 6) is 3.50. The Hall–Kier alpha value is -0.980. The molecule has 19 heavy (non-hydrogen) atoms. The SMILES string of the molecule is C[C@@]12CCC[C@H]1[C@@H]1C=CC3=C(O)CC=C[C@@H]3[C@H]1CC2. The first-order valence-electron chi connectivity index (χ1n) is 7.96. The van der Waals surface area contributed by atoms with E-state index in [1.54, 1.807) is 0 Å². The predicted molar refractivity (Wildman–Crippen MR) is 77.7 cm³/mol. The lowest BCUT2D eigenvalue weighted by Gasteiger charge is -2.49. The molecule has 1 nitrogen and oxygen atoms in total. The van der Waals surface area contributed by atoms with Gasteiger partial charge in [0, 0.05) is 12.3 Å². The lowest BCUT2D eigenvalue weighted by Crippen LogP contribution is -2.42. The van der Waals surface area contributed by atoms with Gasteiger partial charge in [-0.25, -0.2) is 0 Å². The van der Waals surface area contributed by atoms with Crippen LogP contribution in [-0.4, -0.2) is 5.11 Å². The van der Waals surface area contributed by atoms with E-state index >= 15 is 0 Å². The van der Waals surface area contributed by atoms with E-state index < -0.39 is 0 Å². The molecule has 1 N–H and O–H groups in total. The zero-order valence-corrected chi connectivity index (χ0v) is 11.8. The fourth-order valence-corrected chi connectivity index (χ4v) is 5.45. The topological polar surface area (TPSA) is 20.2 Å². The Morgan fingerprint density at radius 1 is 1.21 bits per heavy atom. The Bertz CT molecular complexity index is 484. The van der Waals surface area contributed by atoms with Crippen LogP contribution < -0.4 is 0 Å². The Kier molecular flexibility index (Phi) is 2.49. The standard InChI is InChI=1S/C18H24O/c1-18-10-3-5-16(18)14-7-8-15-12(13(14)9-11-18)4-2-6-17(15)19/h2,4,7-8,12-14,16,19H,3,5-6,9-11H2,1H3/t12-,13-,14-,16+,18+/m1/s1. The Morgan fingerprint density at radius 2 is 2.11 bits per heavy atom. The third-order valence-electron chi connectivity index (χ3n) is 6.47. The zero-order chi connectivity index (χ0) is 13.0. The van der Waals surface area contributed by atoms with Crippen LogP contribution >= 0.6 is 0 Å². The minimum atomic E-state index is 0.494. The van der Waals surface area contributed by atoms with E-state index in [1.807, 2.05) is 0 Å². The average molecular weight is 256 g/mol. The highest BCUT2D eigenvalue weighted by Crippen LogP contribution is 2.59. The van der Waals surface area contributed by atoms with E-state index in [4.69, 9.17) is 0 Å². The fraction of sp³-hybridized carbons (Fsp3) is 0.667. The van der Waals surface area contributed by atoms with Gasteiger partial charge < -0.3 is 5.11 Å². The molecule has 0 spiro atoms. The van der Waals surface area contributed by atoms with Crippen molar-refractivity contribution in [2.75, 3.05) is 0 Å². The Labute approximate surface area is 116 Å². The molecule has 0 heterocycles. The van der Waals surface area contributed by atoms with Crippen LogP contribution in [0.5, 0.6) is 0 Å². The molecule has 1 heteroatoms. The summed E-state index contributed by atoms with van der Waals surface area (Å²) >= 11 is 0. The summed E-state index contributed by atoms with van der Waals surface area (Å²) < 4.78 is 0. The van der Waals surface area contributed by atoms with Crippen LogP contribution in [0, 0.1) is 29.1 Å². The maximum absolute atomic E-state index is 10.1. The minimum absolute atomic E-state index is 0.494. The van der Waals surface area contributed by atoms with Crippen LogP contribution in [0.25, 0.3) is 0 Å². The van der Waals surface area contributed by atoms with Crippen molar-refractivity contribution in [1.82, 2.24) is 0 Å². The lowest BCUT2D eigenvalue weighted by molar-refractivity contribution is 0.0499. The van der Waals surface area contributed by atoms with Gasteiger partial charge in [-0.1, -0.05) is 37.6 Å². The summed E-state index contributed by atoms with van der Waals surface area (Å²) in [7, 11) is 0. The smallest absolute Gasteiger partial charge is 0.0998 e. The zero-order valence-electron chi connectivity index (χ0n) is 11.8. The molecule has 0 amide bonds. The van der Waals surface area contributed by atoms with Crippen LogP contribution in [-0.2, 0) is 0 Å². The van der Waals surface area contributed by atoms with E-state index in [0.717, 1.165) is 24.2 Å². The van der Waals surface area contributed by atoms with E-state index in [-0.39, 0.29) is 0 Å². The predicted octanol–water partition coefficient (Wildman–Crippen LogP) is 4.78. The van der Waals surface area contributed by atoms with Gasteiger partial charge >= 0.3 is 0 Å². The summed E-state index contributed by atoms with van der Waals surface area (Å²) in [5, 5.41) is 10.1. The molecule has 0 aromatic heterocycles. The van der Waals surface area contributed by atoms with Crippen LogP contribution in [0.1, 0.15) is 45.4 Å². The third kappa shape index (κ3) is 1.60. The first kappa shape index (κ1) is 11.8. The highest BCUT2D eigenvalue weighted by molar-refractivity contribution is 5.37. The van der Waals surface area contributed by atoms with Crippen molar-refractivity contribution in [3.63, 3.8) is 0 Å². The molecule has 0 aromatic rings. The molecule has 5 atom stereocenters. The number of rotatable bonds is 0. The van der Waals surface area contributed by atoms with Crippen LogP contribution in [0.15, 0.2) is 35.6 Å². The van der Waals surface area contributed by atoms with E-state index in [0.29, 0.717) is 17.1 Å². The van der Waals surface area contributed by atoms with Gasteiger partial charge in [-0.05, 0) is 54.4 Å². The molecule has 4 rings (SSSR count). The largest absolute Gasteiger partial charge is 0.512 e. The number of fused-ring (bicyclic) bond motifs is 5. The molecule has 4 aliphatic rings. The molecule has 2 saturated carbocycles. The molecule has 4 aliphatic carbocycles. The van der Waals surface area contributed by atoms with Gasteiger partial charge in [0.2, 0.25) is 0 Å². The monoisotopic (exact) mass is 256 g/mol. The van der Waals surface area contributed by atoms with Crippen molar-refractivity contribution in [1.29, 1.82) is 0 Å². The van der Waals surface area contributed by atoms with Crippen molar-refractivity contribution in [3.05, 3.63) is 35.6 Å². The van der Waals surface area contributed by atoms with Crippen molar-refractivity contribution in [2.24, 2.45) is 29.1 Å². The van der Waals surface area contributed by atoms with Gasteiger partial charge in [-0.15, -0.1) is 0 Å². The van der Waals surface area contributed by atoms with Crippen molar-refractivity contribution < 1.29 is 5.11 Å². The molecule has 0 aliphatic heterocycles. The second kappa shape index (κ2) is 4.01. The van der Waals surface area contributed by atoms with Gasteiger partial charge in [-0.3, -0.25) is 0 Å². The van der Waals surface area contributed by atoms with Gasteiger partial charge in [-0.2, -0.15) is 0 Å². The molecule has 102 valence electrons. The number of aliphatic hydroxyl groups is 1. The summed E-state index contributed by atoms with van der Waals surface area (Å²) in [6.45, 7) is 2.52. The Balaban J connectivity index is 1.73. The summed E-state index contributed by atoms with van der Waals surface area (Å²) in [6, 6.07) is 0. The number of aliphatic hydroxyl groups excluding tert-OH is 1. The number of hydrogen-bond donors (Lipinski definition) is 1. The van der Waals surface area contributed by atoms with Crippen molar-refractivity contribution in [3.8, 4) is 0 Å². The van der Waals surface area contributed by atoms with Gasteiger partial charge in [0.05, 0.1) is 5.76 Å². The molecule has 0 aromatic carbocycles. The molecule has 0 bridgehead atoms. The van der Waals surface area contributed by atoms with Crippen LogP contribution in [0.2, 0.25) is 0 Å². The van der Waals surface area contributed by atoms with E-state index in [2.05, 4.69) is 31.2 Å². The first-order chi connectivity index (χ1) is 9.19. The second-order valence-electron chi connectivity index (χ2n) is 7.35. The molecule has 0 saturated heterocycles. The molecular formula is C18H24O. The molecular weight excluding hydrogens is 232 g/mol. The van der Waals surface area contributed by atoms with E-state index in [1.165, 1.54) is 37.7 Å². The highest BCUT2D eigenvalue weighted by Gasteiger charge is 2.50. The Morgan fingerprint density at radius 3 is 3.00 bits per heavy atom. The summed E-state index contributed by atoms with van der Waals surface area (Å²) in [5.41, 5.74) is 1.82. The molecule has 2 fully saturated rings. The normalized spacial score (nSPS) is 47.8. The minimum Gasteiger partial charge on any atom is -0.512 e. The highest BCUT2D eigenvalue weighted by atomic mass is 16.3. The second-order valence-corrected chi connectivity index (χ2v) is 7.35. The van der Waals surface area contributed by atoms with Crippen molar-refractivity contribution >= 4 is 0 Å². The average Bonchev–Trinajstić information content (AvgIpc) is 2.80. The van der Waals surface area contributed by atoms with E-state index in [9.17, 15) is 5.11 Å². The molecule has 0 radical (unpaired) electrons. The van der Waals surface area contributed by atoms with Gasteiger partial charge in [0.15, 0.2) is 0 Å². The number of hydrogen-bond acceptors (Lipinski definition) is 1. The summed E-state index contributed by atoms with van der Waals surface area (Å²) in [6.07, 6.45) is 17.0. The van der Waals surface area contributed by atoms with Gasteiger partial charge in [0.1, 0.15) is 0 Å². The maximum Gasteiger partial charge on any atom is 0.0998 e. The fourth-order valence-electron chi connectivity index (χ4n) is 5.45. The van der Waals surface area contributed by atoms with Crippen LogP contribution in [0.4, 0.5) is 0 Å². The summed E-state index contributed by atoms with van der Waals surface area (Å²) in [4.78, 5) is 0. The molecule has 0 unspecified atom stereocenters. The first-order valence-corrected chi connectivity index (χ1v) is 7.96. The van der Waals surface area contributed by atoms with Crippen LogP contribution in [0.3, 0.4) is 0 Å². The van der Waals surface area contributed by atoms with Crippen molar-refractivity contribution in [2.45, 2.75) is 45.4 Å². The van der Waals surface area contributed by atoms with Gasteiger partial charge in [0.25, 0.3) is 0 Å². The third-order valence-corrected chi connectivity index (χ3v) is 6.47. The quantitative estimate of drug-likeness (QED) is 0.619. The number of allylic oxidation sites excluding steroid dienone is 5. The maximum atomic E-state index is 10.1.